The van der Waals surface area contributed by atoms with E-state index in [1.165, 1.54) is 61.9 Å². The Morgan fingerprint density at radius 2 is 0.978 bits per heavy atom. The number of hydrogen-bond acceptors (Lipinski definition) is 24. The number of aromatic nitrogens is 12. The van der Waals surface area contributed by atoms with Gasteiger partial charge in [0.25, 0.3) is 11.8 Å². The van der Waals surface area contributed by atoms with Crippen LogP contribution in [0.25, 0.3) is 22.8 Å². The minimum Gasteiger partial charge on any atom is -0.495 e. The number of carbonyl (C=O) groups is 2. The summed E-state index contributed by atoms with van der Waals surface area (Å²) in [4.78, 5) is 50.2. The molecule has 8 aliphatic rings. The van der Waals surface area contributed by atoms with Gasteiger partial charge in [-0.15, -0.1) is 10.2 Å². The van der Waals surface area contributed by atoms with E-state index in [-0.39, 0.29) is 96.3 Å². The Hall–Kier alpha value is -9.20. The summed E-state index contributed by atoms with van der Waals surface area (Å²) in [5.41, 5.74) is 0.0891. The van der Waals surface area contributed by atoms with E-state index in [0.29, 0.717) is 72.2 Å². The smallest absolute Gasteiger partial charge is 0.421 e. The first-order valence-electron chi connectivity index (χ1n) is 27.4. The summed E-state index contributed by atoms with van der Waals surface area (Å²) < 4.78 is 148. The zero-order valence-electron chi connectivity index (χ0n) is 48.8. The molecule has 2 atom stereocenters. The lowest BCUT2D eigenvalue weighted by Crippen LogP contribution is -2.21. The molecule has 36 heteroatoms. The van der Waals surface area contributed by atoms with Gasteiger partial charge < -0.3 is 59.5 Å². The van der Waals surface area contributed by atoms with Crippen LogP contribution in [-0.2, 0) is 65.0 Å². The number of aryl methyl sites for hydroxylation is 2. The molecule has 16 rings (SSSR count). The minimum atomic E-state index is -4.83. The fraction of sp³-hybridized carbons (Fsp3) is 0.333. The number of pyridine rings is 2. The molecule has 0 saturated carbocycles. The van der Waals surface area contributed by atoms with Crippen LogP contribution in [-0.4, -0.2) is 126 Å². The quantitative estimate of drug-likeness (QED) is 0.0608. The third kappa shape index (κ3) is 16.0. The molecule has 14 heterocycles. The maximum Gasteiger partial charge on any atom is 0.421 e. The van der Waals surface area contributed by atoms with Crippen LogP contribution in [0.5, 0.6) is 11.5 Å². The third-order valence-electron chi connectivity index (χ3n) is 13.0. The van der Waals surface area contributed by atoms with Crippen molar-refractivity contribution >= 4 is 73.3 Å². The number of alkyl halides is 6. The summed E-state index contributed by atoms with van der Waals surface area (Å²) in [6, 6.07) is 15.4. The Morgan fingerprint density at radius 1 is 0.578 bits per heavy atom. The number of methoxy groups -OCH3 is 2. The van der Waals surface area contributed by atoms with Crippen LogP contribution in [0.4, 0.5) is 72.6 Å². The number of amides is 2. The molecule has 476 valence electrons. The highest BCUT2D eigenvalue weighted by atomic mass is 31.2. The molecule has 16 bridgehead atoms. The second-order valence-corrected chi connectivity index (χ2v) is 23.4. The van der Waals surface area contributed by atoms with E-state index in [4.69, 9.17) is 27.6 Å². The van der Waals surface area contributed by atoms with Gasteiger partial charge in [-0.1, -0.05) is 22.6 Å². The molecular weight excluding hydrogens is 1240 g/mol. The Balaban J connectivity index is 0.000000213. The number of anilines is 8. The van der Waals surface area contributed by atoms with E-state index < -0.39 is 62.1 Å². The van der Waals surface area contributed by atoms with Crippen LogP contribution in [0.1, 0.15) is 69.9 Å². The van der Waals surface area contributed by atoms with Crippen LogP contribution in [0, 0.1) is 0 Å². The summed E-state index contributed by atoms with van der Waals surface area (Å²) in [6.45, 7) is 4.65. The fourth-order valence-electron chi connectivity index (χ4n) is 8.86. The van der Waals surface area contributed by atoms with Crippen LogP contribution in [0.2, 0.25) is 0 Å². The molecule has 2 aromatic carbocycles. The number of ether oxygens (including phenoxy) is 2. The van der Waals surface area contributed by atoms with Gasteiger partial charge in [0.15, 0.2) is 11.4 Å². The highest BCUT2D eigenvalue weighted by molar-refractivity contribution is 7.53. The van der Waals surface area contributed by atoms with Crippen molar-refractivity contribution in [2.45, 2.75) is 64.5 Å². The van der Waals surface area contributed by atoms with E-state index in [0.717, 1.165) is 0 Å². The van der Waals surface area contributed by atoms with Gasteiger partial charge in [0.2, 0.25) is 11.9 Å². The molecule has 0 saturated heterocycles. The average molecular weight is 1300 g/mol. The highest BCUT2D eigenvalue weighted by Gasteiger charge is 2.38. The summed E-state index contributed by atoms with van der Waals surface area (Å²) in [5, 5.41) is 32.2. The van der Waals surface area contributed by atoms with Gasteiger partial charge in [-0.25, -0.2) is 19.9 Å². The number of nitrogens with one attached hydrogen (secondary N) is 6. The number of halogens is 6. The molecule has 0 radical (unpaired) electrons. The molecule has 6 N–H and O–H groups in total. The maximum absolute atomic E-state index is 14.0. The molecule has 0 aliphatic carbocycles. The Bertz CT molecular complexity index is 3760. The number of nitrogens with zero attached hydrogens (tertiary/aromatic N) is 12. The summed E-state index contributed by atoms with van der Waals surface area (Å²) in [7, 11) is -1.59. The van der Waals surface area contributed by atoms with Crippen molar-refractivity contribution in [3.63, 3.8) is 0 Å². The van der Waals surface area contributed by atoms with Crippen LogP contribution < -0.4 is 41.4 Å². The molecule has 90 heavy (non-hydrogen) atoms. The SMILES string of the molecule is CCO[P@@]1(=O)Cc2ccc(c(OC)c2)Nc2ncc(C(F)(F)F)c(n2)Nc2ccc(nc2C(=O)NC)-c2cn(nn2)CCCO1.CCO[P@]1(=O)Cc2ccc(c(OC)c2)Nc2ncc(C(F)(F)F)c(n2)Nc2ccc(nc2C(=O)NC)-c2cn(nn2)CCCO1. The second-order valence-electron chi connectivity index (χ2n) is 19.3. The summed E-state index contributed by atoms with van der Waals surface area (Å²) >= 11 is 0. The molecular formula is C54H58F6N18O10P2. The van der Waals surface area contributed by atoms with Crippen molar-refractivity contribution in [1.29, 1.82) is 0 Å². The third-order valence-corrected chi connectivity index (χ3v) is 17.0. The second kappa shape index (κ2) is 28.1. The van der Waals surface area contributed by atoms with Gasteiger partial charge in [-0.2, -0.15) is 36.3 Å². The molecule has 0 unspecified atom stereocenters. The van der Waals surface area contributed by atoms with E-state index in [1.807, 2.05) is 0 Å². The number of hydrogen-bond donors (Lipinski definition) is 6. The van der Waals surface area contributed by atoms with Gasteiger partial charge in [-0.05, 0) is 86.3 Å². The first-order valence-corrected chi connectivity index (χ1v) is 30.8. The standard InChI is InChI=1S/2C27H29F3N9O5P/c2*1-4-43-45(41)15-16-6-7-19(22(12-16)42-3)35-26-32-13-17(27(28,29)30)24(36-26)34-20-9-8-18(33-23(20)25(40)31-2)21-14-39(38-37-21)10-5-11-44-45/h2*6-9,12-14H,4-5,10-11,15H2,1-3H3,(H,31,40)(H2,32,34,35,36)/t2*45-/m10/s1. The minimum absolute atomic E-state index is 0.0411. The van der Waals surface area contributed by atoms with Crippen LogP contribution >= 0.6 is 15.2 Å². The molecule has 8 aromatic rings. The average Bonchev–Trinajstić information content (AvgIpc) is 1.32. The van der Waals surface area contributed by atoms with E-state index in [9.17, 15) is 45.1 Å². The normalized spacial score (nSPS) is 17.0. The summed E-state index contributed by atoms with van der Waals surface area (Å²) in [5.74, 6) is -2.43. The van der Waals surface area contributed by atoms with Crippen molar-refractivity contribution in [2.24, 2.45) is 0 Å². The van der Waals surface area contributed by atoms with Crippen LogP contribution in [0.3, 0.4) is 0 Å². The van der Waals surface area contributed by atoms with Crippen molar-refractivity contribution < 1.29 is 72.6 Å². The van der Waals surface area contributed by atoms with Gasteiger partial charge in [0.05, 0.1) is 99.5 Å². The zero-order valence-corrected chi connectivity index (χ0v) is 50.6. The highest BCUT2D eigenvalue weighted by Crippen LogP contribution is 2.53. The largest absolute Gasteiger partial charge is 0.495 e. The lowest BCUT2D eigenvalue weighted by Gasteiger charge is -2.19. The van der Waals surface area contributed by atoms with E-state index in [1.54, 1.807) is 62.6 Å². The lowest BCUT2D eigenvalue weighted by atomic mass is 10.2. The Labute approximate surface area is 508 Å². The predicted octanol–water partition coefficient (Wildman–Crippen LogP) is 10.3. The lowest BCUT2D eigenvalue weighted by molar-refractivity contribution is -0.138. The first kappa shape index (κ1) is 65.3. The first-order chi connectivity index (χ1) is 43.0. The zero-order chi connectivity index (χ0) is 64.4. The fourth-order valence-corrected chi connectivity index (χ4v) is 12.3. The van der Waals surface area contributed by atoms with Gasteiger partial charge in [0, 0.05) is 39.6 Å². The van der Waals surface area contributed by atoms with Crippen molar-refractivity contribution in [2.75, 3.05) is 76.0 Å². The molecule has 8 aliphatic heterocycles. The molecule has 0 fully saturated rings. The maximum atomic E-state index is 14.0. The van der Waals surface area contributed by atoms with E-state index in [2.05, 4.69) is 82.4 Å². The Kier molecular flexibility index (Phi) is 20.4. The Morgan fingerprint density at radius 3 is 1.34 bits per heavy atom. The van der Waals surface area contributed by atoms with E-state index >= 15 is 0 Å². The number of benzene rings is 2. The predicted molar refractivity (Wildman–Crippen MR) is 313 cm³/mol. The monoisotopic (exact) mass is 1290 g/mol. The number of carbonyl (C=O) groups excluding carboxylic acids is 2. The number of rotatable bonds is 8. The molecule has 0 spiro atoms. The van der Waals surface area contributed by atoms with Crippen molar-refractivity contribution in [3.05, 3.63) is 119 Å². The molecule has 2 amide bonds. The van der Waals surface area contributed by atoms with Crippen molar-refractivity contribution in [1.82, 2.24) is 70.5 Å². The van der Waals surface area contributed by atoms with Gasteiger partial charge in [0.1, 0.15) is 45.6 Å². The molecule has 28 nitrogen and oxygen atoms in total. The summed E-state index contributed by atoms with van der Waals surface area (Å²) in [6.07, 6.45) is -4.50. The topological polar surface area (TPSA) is 335 Å². The molecule has 6 aromatic heterocycles. The van der Waals surface area contributed by atoms with Gasteiger partial charge >= 0.3 is 27.5 Å². The van der Waals surface area contributed by atoms with Crippen molar-refractivity contribution in [3.8, 4) is 34.3 Å². The van der Waals surface area contributed by atoms with Gasteiger partial charge in [-0.3, -0.25) is 28.1 Å². The van der Waals surface area contributed by atoms with Crippen LogP contribution in [0.15, 0.2) is 85.5 Å².